The summed E-state index contributed by atoms with van der Waals surface area (Å²) < 4.78 is 6.63. The minimum atomic E-state index is -0.0394. The molecule has 1 atom stereocenters. The van der Waals surface area contributed by atoms with Gasteiger partial charge in [0, 0.05) is 5.56 Å². The molecule has 0 saturated carbocycles. The number of hydrogen-bond donors (Lipinski definition) is 1. The topological polar surface area (TPSA) is 21.3 Å². The number of halogens is 3. The Morgan fingerprint density at radius 1 is 1.25 bits per heavy atom. The van der Waals surface area contributed by atoms with Gasteiger partial charge in [0.15, 0.2) is 0 Å². The molecule has 1 aromatic carbocycles. The molecule has 2 nitrogen and oxygen atoms in total. The van der Waals surface area contributed by atoms with E-state index >= 15 is 0 Å². The molecule has 0 radical (unpaired) electrons. The normalized spacial score (nSPS) is 12.4. The number of nitrogens with one attached hydrogen (secondary N) is 1. The molecular weight excluding hydrogens is 337 g/mol. The van der Waals surface area contributed by atoms with Gasteiger partial charge in [0.1, 0.15) is 5.75 Å². The second-order valence-corrected chi connectivity index (χ2v) is 6.86. The molecule has 2 aromatic rings. The summed E-state index contributed by atoms with van der Waals surface area (Å²) in [6.07, 6.45) is 0. The smallest absolute Gasteiger partial charge is 0.137 e. The Labute approximate surface area is 137 Å². The van der Waals surface area contributed by atoms with E-state index in [-0.39, 0.29) is 6.04 Å². The largest absolute Gasteiger partial charge is 0.495 e. The first-order chi connectivity index (χ1) is 9.56. The Morgan fingerprint density at radius 2 is 2.00 bits per heavy atom. The number of methoxy groups -OCH3 is 1. The average Bonchev–Trinajstić information content (AvgIpc) is 2.75. The van der Waals surface area contributed by atoms with E-state index in [9.17, 15) is 0 Å². The van der Waals surface area contributed by atoms with Crippen molar-refractivity contribution in [1.82, 2.24) is 5.32 Å². The highest BCUT2D eigenvalue weighted by Crippen LogP contribution is 2.38. The molecule has 0 fully saturated rings. The van der Waals surface area contributed by atoms with Crippen LogP contribution in [-0.4, -0.2) is 13.7 Å². The van der Waals surface area contributed by atoms with Gasteiger partial charge in [0.2, 0.25) is 0 Å². The first-order valence-electron chi connectivity index (χ1n) is 6.08. The lowest BCUT2D eigenvalue weighted by Gasteiger charge is -2.19. The van der Waals surface area contributed by atoms with Gasteiger partial charge >= 0.3 is 0 Å². The van der Waals surface area contributed by atoms with Crippen LogP contribution in [0.15, 0.2) is 24.3 Å². The summed E-state index contributed by atoms with van der Waals surface area (Å²) >= 11 is 19.7. The molecule has 1 heterocycles. The molecule has 0 aliphatic carbocycles. The van der Waals surface area contributed by atoms with Crippen LogP contribution in [0.1, 0.15) is 24.1 Å². The number of thiophene rings is 1. The first kappa shape index (κ1) is 15.9. The molecule has 0 spiro atoms. The van der Waals surface area contributed by atoms with Crippen molar-refractivity contribution in [1.29, 1.82) is 0 Å². The molecule has 0 saturated heterocycles. The highest BCUT2D eigenvalue weighted by molar-refractivity contribution is 7.20. The highest BCUT2D eigenvalue weighted by Gasteiger charge is 2.19. The summed E-state index contributed by atoms with van der Waals surface area (Å²) in [5.74, 6) is 0.643. The third-order valence-electron chi connectivity index (χ3n) is 2.91. The molecule has 0 amide bonds. The van der Waals surface area contributed by atoms with Crippen LogP contribution in [0.3, 0.4) is 0 Å². The second kappa shape index (κ2) is 7.01. The number of ether oxygens (including phenoxy) is 1. The maximum atomic E-state index is 6.27. The van der Waals surface area contributed by atoms with Gasteiger partial charge in [-0.3, -0.25) is 0 Å². The zero-order valence-electron chi connectivity index (χ0n) is 11.0. The highest BCUT2D eigenvalue weighted by atomic mass is 35.5. The molecule has 0 aliphatic heterocycles. The average molecular weight is 351 g/mol. The molecule has 1 N–H and O–H groups in total. The fraction of sp³-hybridized carbons (Fsp3) is 0.286. The third-order valence-corrected chi connectivity index (χ3v) is 4.74. The molecule has 6 heteroatoms. The Bertz CT molecular complexity index is 600. The molecule has 108 valence electrons. The van der Waals surface area contributed by atoms with Gasteiger partial charge in [-0.1, -0.05) is 47.8 Å². The maximum absolute atomic E-state index is 6.27. The molecule has 20 heavy (non-hydrogen) atoms. The molecule has 2 rings (SSSR count). The van der Waals surface area contributed by atoms with Crippen LogP contribution in [0.4, 0.5) is 0 Å². The Morgan fingerprint density at radius 3 is 2.55 bits per heavy atom. The second-order valence-electron chi connectivity index (χ2n) is 4.16. The van der Waals surface area contributed by atoms with Crippen LogP contribution in [-0.2, 0) is 0 Å². The van der Waals surface area contributed by atoms with E-state index in [4.69, 9.17) is 39.5 Å². The fourth-order valence-electron chi connectivity index (χ4n) is 2.02. The summed E-state index contributed by atoms with van der Waals surface area (Å²) in [7, 11) is 1.60. The van der Waals surface area contributed by atoms with Crippen molar-refractivity contribution in [2.45, 2.75) is 13.0 Å². The summed E-state index contributed by atoms with van der Waals surface area (Å²) in [6, 6.07) is 7.55. The van der Waals surface area contributed by atoms with Gasteiger partial charge in [0.05, 0.1) is 26.8 Å². The Hall–Kier alpha value is -0.450. The predicted octanol–water partition coefficient (Wildman–Crippen LogP) is 5.42. The minimum Gasteiger partial charge on any atom is -0.495 e. The molecule has 0 bridgehead atoms. The van der Waals surface area contributed by atoms with Crippen LogP contribution in [0.25, 0.3) is 0 Å². The lowest BCUT2D eigenvalue weighted by molar-refractivity contribution is 0.414. The van der Waals surface area contributed by atoms with Crippen molar-refractivity contribution in [3.63, 3.8) is 0 Å². The Balaban J connectivity index is 2.45. The van der Waals surface area contributed by atoms with Crippen molar-refractivity contribution >= 4 is 46.1 Å². The molecule has 0 aliphatic rings. The zero-order valence-corrected chi connectivity index (χ0v) is 14.1. The van der Waals surface area contributed by atoms with E-state index in [1.807, 2.05) is 31.2 Å². The maximum Gasteiger partial charge on any atom is 0.137 e. The van der Waals surface area contributed by atoms with E-state index in [1.54, 1.807) is 7.11 Å². The van der Waals surface area contributed by atoms with E-state index in [0.29, 0.717) is 19.4 Å². The van der Waals surface area contributed by atoms with Crippen molar-refractivity contribution < 1.29 is 4.74 Å². The number of benzene rings is 1. The van der Waals surface area contributed by atoms with Gasteiger partial charge in [-0.05, 0) is 30.3 Å². The van der Waals surface area contributed by atoms with Gasteiger partial charge in [-0.15, -0.1) is 11.3 Å². The van der Waals surface area contributed by atoms with Crippen molar-refractivity contribution in [2.75, 3.05) is 13.7 Å². The zero-order chi connectivity index (χ0) is 14.7. The Kier molecular flexibility index (Phi) is 5.58. The number of rotatable bonds is 5. The van der Waals surface area contributed by atoms with Crippen molar-refractivity contribution in [2.24, 2.45) is 0 Å². The van der Waals surface area contributed by atoms with Crippen LogP contribution in [0, 0.1) is 0 Å². The van der Waals surface area contributed by atoms with Crippen molar-refractivity contribution in [3.8, 4) is 5.75 Å². The SMILES string of the molecule is CCNC(c1ccc(Cl)c(OC)c1)c1cc(Cl)sc1Cl. The minimum absolute atomic E-state index is 0.0394. The monoisotopic (exact) mass is 349 g/mol. The summed E-state index contributed by atoms with van der Waals surface area (Å²) in [5, 5.41) is 3.99. The van der Waals surface area contributed by atoms with Gasteiger partial charge in [-0.25, -0.2) is 0 Å². The van der Waals surface area contributed by atoms with E-state index < -0.39 is 0 Å². The molecule has 1 unspecified atom stereocenters. The van der Waals surface area contributed by atoms with Gasteiger partial charge in [-0.2, -0.15) is 0 Å². The lowest BCUT2D eigenvalue weighted by atomic mass is 10.0. The molecule has 1 aromatic heterocycles. The van der Waals surface area contributed by atoms with Gasteiger partial charge in [0.25, 0.3) is 0 Å². The first-order valence-corrected chi connectivity index (χ1v) is 8.03. The summed E-state index contributed by atoms with van der Waals surface area (Å²) in [4.78, 5) is 0. The number of hydrogen-bond acceptors (Lipinski definition) is 3. The predicted molar refractivity (Wildman–Crippen MR) is 87.9 cm³/mol. The van der Waals surface area contributed by atoms with Crippen LogP contribution in [0.2, 0.25) is 13.7 Å². The standard InChI is InChI=1S/C14H14Cl3NOS/c1-3-18-13(9-7-12(16)20-14(9)17)8-4-5-10(15)11(6-8)19-2/h4-7,13,18H,3H2,1-2H3. The fourth-order valence-corrected chi connectivity index (χ4v) is 3.74. The van der Waals surface area contributed by atoms with Crippen LogP contribution < -0.4 is 10.1 Å². The van der Waals surface area contributed by atoms with Crippen LogP contribution >= 0.6 is 46.1 Å². The quantitative estimate of drug-likeness (QED) is 0.778. The van der Waals surface area contributed by atoms with Gasteiger partial charge < -0.3 is 10.1 Å². The lowest BCUT2D eigenvalue weighted by Crippen LogP contribution is -2.21. The van der Waals surface area contributed by atoms with Crippen LogP contribution in [0.5, 0.6) is 5.75 Å². The third kappa shape index (κ3) is 3.41. The molecular formula is C14H14Cl3NOS. The van der Waals surface area contributed by atoms with E-state index in [0.717, 1.165) is 17.7 Å². The van der Waals surface area contributed by atoms with E-state index in [1.165, 1.54) is 11.3 Å². The van der Waals surface area contributed by atoms with E-state index in [2.05, 4.69) is 5.32 Å². The summed E-state index contributed by atoms with van der Waals surface area (Å²) in [6.45, 7) is 2.85. The summed E-state index contributed by atoms with van der Waals surface area (Å²) in [5.41, 5.74) is 2.00. The van der Waals surface area contributed by atoms with Crippen molar-refractivity contribution in [3.05, 3.63) is 49.1 Å².